The molecule has 1 aliphatic carbocycles. The second-order valence-corrected chi connectivity index (χ2v) is 5.21. The summed E-state index contributed by atoms with van der Waals surface area (Å²) in [5.41, 5.74) is 7.82. The lowest BCUT2D eigenvalue weighted by Gasteiger charge is -2.21. The predicted octanol–water partition coefficient (Wildman–Crippen LogP) is 3.33. The zero-order valence-electron chi connectivity index (χ0n) is 10.6. The van der Waals surface area contributed by atoms with Crippen molar-refractivity contribution in [2.45, 2.75) is 45.1 Å². The van der Waals surface area contributed by atoms with Crippen LogP contribution in [0.3, 0.4) is 0 Å². The predicted molar refractivity (Wildman–Crippen MR) is 73.8 cm³/mol. The summed E-state index contributed by atoms with van der Waals surface area (Å²) in [5, 5.41) is 3.53. The molecule has 1 aromatic rings. The highest BCUT2D eigenvalue weighted by atomic mass is 14.8. The maximum Gasteiger partial charge on any atom is 0.0314 e. The molecule has 0 atom stereocenters. The zero-order chi connectivity index (χ0) is 11.9. The van der Waals surface area contributed by atoms with Crippen molar-refractivity contribution in [1.29, 1.82) is 0 Å². The number of nitrogen functional groups attached to an aromatic ring is 1. The van der Waals surface area contributed by atoms with Crippen LogP contribution in [0.4, 0.5) is 5.69 Å². The lowest BCUT2D eigenvalue weighted by molar-refractivity contribution is 0.334. The van der Waals surface area contributed by atoms with E-state index in [0.29, 0.717) is 0 Å². The van der Waals surface area contributed by atoms with E-state index in [1.165, 1.54) is 44.1 Å². The van der Waals surface area contributed by atoms with Crippen LogP contribution < -0.4 is 11.1 Å². The van der Waals surface area contributed by atoms with E-state index in [1.807, 2.05) is 12.1 Å². The average molecular weight is 232 g/mol. The molecule has 2 nitrogen and oxygen atoms in total. The summed E-state index contributed by atoms with van der Waals surface area (Å²) >= 11 is 0. The number of anilines is 1. The molecule has 0 saturated heterocycles. The number of nitrogens with one attached hydrogen (secondary N) is 1. The van der Waals surface area contributed by atoms with E-state index in [9.17, 15) is 0 Å². The van der Waals surface area contributed by atoms with E-state index >= 15 is 0 Å². The summed E-state index contributed by atoms with van der Waals surface area (Å²) in [5.74, 6) is 0.975. The van der Waals surface area contributed by atoms with Crippen LogP contribution >= 0.6 is 0 Å². The molecule has 3 N–H and O–H groups in total. The van der Waals surface area contributed by atoms with Crippen molar-refractivity contribution in [3.8, 4) is 0 Å². The topological polar surface area (TPSA) is 38.0 Å². The Morgan fingerprint density at radius 2 is 1.76 bits per heavy atom. The third-order valence-corrected chi connectivity index (χ3v) is 3.76. The Labute approximate surface area is 105 Å². The lowest BCUT2D eigenvalue weighted by Crippen LogP contribution is -2.19. The molecule has 0 heterocycles. The summed E-state index contributed by atoms with van der Waals surface area (Å²) in [6.07, 6.45) is 8.59. The zero-order valence-corrected chi connectivity index (χ0v) is 10.6. The first-order valence-electron chi connectivity index (χ1n) is 6.90. The van der Waals surface area contributed by atoms with Crippen molar-refractivity contribution in [1.82, 2.24) is 5.32 Å². The van der Waals surface area contributed by atoms with Gasteiger partial charge in [-0.15, -0.1) is 0 Å². The van der Waals surface area contributed by atoms with E-state index in [1.54, 1.807) is 0 Å². The van der Waals surface area contributed by atoms with Crippen LogP contribution in [-0.2, 0) is 6.54 Å². The van der Waals surface area contributed by atoms with Gasteiger partial charge < -0.3 is 11.1 Å². The Morgan fingerprint density at radius 3 is 2.47 bits per heavy atom. The van der Waals surface area contributed by atoms with Crippen molar-refractivity contribution in [3.05, 3.63) is 29.8 Å². The molecule has 1 aromatic carbocycles. The van der Waals surface area contributed by atoms with Crippen LogP contribution in [0, 0.1) is 5.92 Å². The summed E-state index contributed by atoms with van der Waals surface area (Å²) in [7, 11) is 0. The quantitative estimate of drug-likeness (QED) is 0.603. The first-order chi connectivity index (χ1) is 8.34. The fourth-order valence-corrected chi connectivity index (χ4v) is 2.65. The Kier molecular flexibility index (Phi) is 4.87. The molecule has 1 aliphatic rings. The Balaban J connectivity index is 1.60. The van der Waals surface area contributed by atoms with Crippen molar-refractivity contribution in [3.63, 3.8) is 0 Å². The second kappa shape index (κ2) is 6.65. The molecule has 1 fully saturated rings. The summed E-state index contributed by atoms with van der Waals surface area (Å²) < 4.78 is 0. The van der Waals surface area contributed by atoms with Gasteiger partial charge in [0.1, 0.15) is 0 Å². The van der Waals surface area contributed by atoms with Gasteiger partial charge in [-0.05, 0) is 36.6 Å². The summed E-state index contributed by atoms with van der Waals surface area (Å²) in [6.45, 7) is 2.11. The minimum Gasteiger partial charge on any atom is -0.399 e. The summed E-state index contributed by atoms with van der Waals surface area (Å²) in [6, 6.07) is 8.14. The maximum atomic E-state index is 5.66. The van der Waals surface area contributed by atoms with Gasteiger partial charge >= 0.3 is 0 Å². The molecule has 17 heavy (non-hydrogen) atoms. The van der Waals surface area contributed by atoms with Gasteiger partial charge in [0.05, 0.1) is 0 Å². The monoisotopic (exact) mass is 232 g/mol. The van der Waals surface area contributed by atoms with Gasteiger partial charge in [0.15, 0.2) is 0 Å². The third-order valence-electron chi connectivity index (χ3n) is 3.76. The van der Waals surface area contributed by atoms with Gasteiger partial charge in [-0.25, -0.2) is 0 Å². The highest BCUT2D eigenvalue weighted by Gasteiger charge is 2.12. The molecule has 0 aliphatic heterocycles. The van der Waals surface area contributed by atoms with Crippen LogP contribution in [0.25, 0.3) is 0 Å². The average Bonchev–Trinajstić information content (AvgIpc) is 2.38. The standard InChI is InChI=1S/C15H24N2/c16-15-8-6-14(7-9-15)12-17-11-10-13-4-2-1-3-5-13/h6-9,13,17H,1-5,10-12,16H2. The number of rotatable bonds is 5. The van der Waals surface area contributed by atoms with Crippen molar-refractivity contribution in [2.75, 3.05) is 12.3 Å². The van der Waals surface area contributed by atoms with Gasteiger partial charge in [-0.3, -0.25) is 0 Å². The van der Waals surface area contributed by atoms with E-state index in [-0.39, 0.29) is 0 Å². The fraction of sp³-hybridized carbons (Fsp3) is 0.600. The van der Waals surface area contributed by atoms with E-state index in [2.05, 4.69) is 17.4 Å². The normalized spacial score (nSPS) is 17.2. The second-order valence-electron chi connectivity index (χ2n) is 5.21. The minimum atomic E-state index is 0.843. The molecule has 1 saturated carbocycles. The minimum absolute atomic E-state index is 0.843. The molecule has 0 unspecified atom stereocenters. The molecule has 0 aromatic heterocycles. The van der Waals surface area contributed by atoms with E-state index < -0.39 is 0 Å². The maximum absolute atomic E-state index is 5.66. The smallest absolute Gasteiger partial charge is 0.0314 e. The molecular formula is C15H24N2. The molecule has 2 rings (SSSR count). The van der Waals surface area contributed by atoms with Crippen LogP contribution in [0.2, 0.25) is 0 Å². The Bertz CT molecular complexity index is 312. The fourth-order valence-electron chi connectivity index (χ4n) is 2.65. The number of hydrogen-bond donors (Lipinski definition) is 2. The van der Waals surface area contributed by atoms with Crippen LogP contribution in [0.15, 0.2) is 24.3 Å². The molecule has 0 radical (unpaired) electrons. The van der Waals surface area contributed by atoms with Gasteiger partial charge in [0.25, 0.3) is 0 Å². The van der Waals surface area contributed by atoms with Gasteiger partial charge in [0.2, 0.25) is 0 Å². The lowest BCUT2D eigenvalue weighted by atomic mass is 9.87. The third kappa shape index (κ3) is 4.39. The SMILES string of the molecule is Nc1ccc(CNCCC2CCCCC2)cc1. The van der Waals surface area contributed by atoms with Crippen LogP contribution in [-0.4, -0.2) is 6.54 Å². The molecule has 0 amide bonds. The Hall–Kier alpha value is -1.02. The van der Waals surface area contributed by atoms with Crippen LogP contribution in [0.5, 0.6) is 0 Å². The first kappa shape index (κ1) is 12.4. The summed E-state index contributed by atoms with van der Waals surface area (Å²) in [4.78, 5) is 0. The van der Waals surface area contributed by atoms with Gasteiger partial charge in [-0.1, -0.05) is 44.2 Å². The highest BCUT2D eigenvalue weighted by molar-refractivity contribution is 5.39. The van der Waals surface area contributed by atoms with Gasteiger partial charge in [0, 0.05) is 12.2 Å². The molecule has 2 heteroatoms. The molecular weight excluding hydrogens is 208 g/mol. The van der Waals surface area contributed by atoms with Gasteiger partial charge in [-0.2, -0.15) is 0 Å². The number of hydrogen-bond acceptors (Lipinski definition) is 2. The van der Waals surface area contributed by atoms with Crippen molar-refractivity contribution in [2.24, 2.45) is 5.92 Å². The number of benzene rings is 1. The molecule has 94 valence electrons. The van der Waals surface area contributed by atoms with Crippen molar-refractivity contribution >= 4 is 5.69 Å². The van der Waals surface area contributed by atoms with Crippen LogP contribution in [0.1, 0.15) is 44.1 Å². The highest BCUT2D eigenvalue weighted by Crippen LogP contribution is 2.25. The number of nitrogens with two attached hydrogens (primary N) is 1. The first-order valence-corrected chi connectivity index (χ1v) is 6.90. The Morgan fingerprint density at radius 1 is 1.06 bits per heavy atom. The van der Waals surface area contributed by atoms with Crippen molar-refractivity contribution < 1.29 is 0 Å². The molecule has 0 spiro atoms. The molecule has 0 bridgehead atoms. The van der Waals surface area contributed by atoms with E-state index in [0.717, 1.165) is 24.7 Å². The van der Waals surface area contributed by atoms with E-state index in [4.69, 9.17) is 5.73 Å². The largest absolute Gasteiger partial charge is 0.399 e.